The maximum absolute atomic E-state index is 14.3. The van der Waals surface area contributed by atoms with Gasteiger partial charge in [-0.3, -0.25) is 4.79 Å². The Hall–Kier alpha value is -1.70. The molecule has 11 heteroatoms. The lowest BCUT2D eigenvalue weighted by atomic mass is 9.43. The van der Waals surface area contributed by atoms with Gasteiger partial charge in [0, 0.05) is 25.5 Å². The number of ether oxygens (including phenoxy) is 6. The molecule has 0 amide bonds. The third kappa shape index (κ3) is 2.97. The average molecular weight is 575 g/mol. The summed E-state index contributed by atoms with van der Waals surface area (Å²) in [5.41, 5.74) is -3.16. The summed E-state index contributed by atoms with van der Waals surface area (Å²) in [4.78, 5) is 26.2. The molecule has 41 heavy (non-hydrogen) atoms. The van der Waals surface area contributed by atoms with Crippen LogP contribution < -0.4 is 0 Å². The summed E-state index contributed by atoms with van der Waals surface area (Å²) in [6.07, 6.45) is 0.648. The fourth-order valence-corrected chi connectivity index (χ4v) is 10.2. The van der Waals surface area contributed by atoms with Crippen LogP contribution in [-0.4, -0.2) is 101 Å². The van der Waals surface area contributed by atoms with Crippen molar-refractivity contribution in [2.24, 2.45) is 22.7 Å². The van der Waals surface area contributed by atoms with Gasteiger partial charge in [-0.25, -0.2) is 4.79 Å². The van der Waals surface area contributed by atoms with Crippen molar-refractivity contribution in [1.82, 2.24) is 0 Å². The lowest BCUT2D eigenvalue weighted by Crippen LogP contribution is -2.75. The molecular formula is C30H38O11. The summed E-state index contributed by atoms with van der Waals surface area (Å²) < 4.78 is 35.8. The van der Waals surface area contributed by atoms with Gasteiger partial charge in [-0.2, -0.15) is 0 Å². The van der Waals surface area contributed by atoms with Crippen molar-refractivity contribution in [3.63, 3.8) is 0 Å². The van der Waals surface area contributed by atoms with Crippen LogP contribution in [0.5, 0.6) is 0 Å². The number of carbonyl (C=O) groups is 2. The van der Waals surface area contributed by atoms with Crippen LogP contribution in [0.25, 0.3) is 0 Å². The molecule has 8 rings (SSSR count). The minimum Gasteiger partial charge on any atom is -0.458 e. The number of epoxide rings is 1. The standard InChI is InChI=1S/C30H38O11/c1-13-7-20(36-4)30(35)25(38-13)39-17-9-15-10-19-29(41-19)23(26(15,2)11-18(17)40-30)22(32)24(33)27(3)16(5-6-28(27,29)34)14-8-21(31)37-12-14/h8-9,13,16-20,22-23,25,32,34-35H,5-7,10-12H2,1-4H3/t13-,16-,17-,18-,19+,20+,22+,23-,25+,26+,27+,28-,29+,30+/m1/s1. The Morgan fingerprint density at radius 2 is 1.90 bits per heavy atom. The third-order valence-corrected chi connectivity index (χ3v) is 12.2. The fourth-order valence-electron chi connectivity index (χ4n) is 10.2. The van der Waals surface area contributed by atoms with E-state index in [0.717, 1.165) is 5.57 Å². The van der Waals surface area contributed by atoms with E-state index in [1.54, 1.807) is 6.92 Å². The van der Waals surface area contributed by atoms with Gasteiger partial charge in [-0.05, 0) is 56.4 Å². The number of hydrogen-bond acceptors (Lipinski definition) is 11. The smallest absolute Gasteiger partial charge is 0.331 e. The van der Waals surface area contributed by atoms with Crippen LogP contribution in [0.4, 0.5) is 0 Å². The van der Waals surface area contributed by atoms with Crippen LogP contribution in [-0.2, 0) is 38.0 Å². The molecule has 4 heterocycles. The largest absolute Gasteiger partial charge is 0.458 e. The van der Waals surface area contributed by atoms with E-state index in [1.165, 1.54) is 13.2 Å². The Bertz CT molecular complexity index is 1290. The summed E-state index contributed by atoms with van der Waals surface area (Å²) in [7, 11) is 1.52. The lowest BCUT2D eigenvalue weighted by molar-refractivity contribution is -0.450. The second-order valence-corrected chi connectivity index (χ2v) is 13.9. The van der Waals surface area contributed by atoms with Gasteiger partial charge in [0.1, 0.15) is 36.1 Å². The number of aliphatic hydroxyl groups excluding tert-OH is 1. The van der Waals surface area contributed by atoms with Gasteiger partial charge in [-0.1, -0.05) is 18.6 Å². The minimum atomic E-state index is -1.82. The Morgan fingerprint density at radius 1 is 1.12 bits per heavy atom. The number of hydrogen-bond donors (Lipinski definition) is 3. The molecule has 3 N–H and O–H groups in total. The fraction of sp³-hybridized carbons (Fsp3) is 0.800. The van der Waals surface area contributed by atoms with E-state index in [1.807, 2.05) is 19.9 Å². The highest BCUT2D eigenvalue weighted by Crippen LogP contribution is 2.76. The zero-order chi connectivity index (χ0) is 28.9. The monoisotopic (exact) mass is 574 g/mol. The van der Waals surface area contributed by atoms with Crippen molar-refractivity contribution in [1.29, 1.82) is 0 Å². The first kappa shape index (κ1) is 26.9. The number of carbonyl (C=O) groups excluding carboxylic acids is 2. The van der Waals surface area contributed by atoms with Gasteiger partial charge in [0.15, 0.2) is 5.78 Å². The van der Waals surface area contributed by atoms with Crippen LogP contribution in [0.2, 0.25) is 0 Å². The summed E-state index contributed by atoms with van der Waals surface area (Å²) in [6, 6.07) is 0. The van der Waals surface area contributed by atoms with E-state index < -0.39 is 82.1 Å². The van der Waals surface area contributed by atoms with Crippen molar-refractivity contribution < 1.29 is 53.3 Å². The van der Waals surface area contributed by atoms with Gasteiger partial charge in [0.05, 0.1) is 23.7 Å². The minimum absolute atomic E-state index is 0.0825. The predicted octanol–water partition coefficient (Wildman–Crippen LogP) is 0.677. The number of aliphatic hydroxyl groups is 3. The van der Waals surface area contributed by atoms with E-state index in [0.29, 0.717) is 37.7 Å². The van der Waals surface area contributed by atoms with Crippen LogP contribution >= 0.6 is 0 Å². The molecule has 11 nitrogen and oxygen atoms in total. The van der Waals surface area contributed by atoms with Crippen molar-refractivity contribution in [3.8, 4) is 0 Å². The number of esters is 1. The van der Waals surface area contributed by atoms with Crippen LogP contribution in [0.15, 0.2) is 23.3 Å². The Balaban J connectivity index is 1.18. The van der Waals surface area contributed by atoms with E-state index in [-0.39, 0.29) is 18.8 Å². The van der Waals surface area contributed by atoms with E-state index >= 15 is 0 Å². The molecule has 3 saturated carbocycles. The molecular weight excluding hydrogens is 536 g/mol. The van der Waals surface area contributed by atoms with Gasteiger partial charge in [0.2, 0.25) is 12.1 Å². The molecule has 14 atom stereocenters. The number of ketones is 1. The molecule has 1 spiro atoms. The highest BCUT2D eigenvalue weighted by atomic mass is 16.8. The van der Waals surface area contributed by atoms with E-state index in [9.17, 15) is 24.9 Å². The lowest BCUT2D eigenvalue weighted by Gasteiger charge is -2.62. The first-order valence-corrected chi connectivity index (χ1v) is 14.8. The SMILES string of the molecule is CO[C@H]1C[C@@H](C)O[C@H]2O[C@@H]3C=C4C[C@@H]5O[C@]56[C@H]([C@H](O)C(=O)[C@]5(C)[C@@H](C7=CC(=O)OC7)CC[C@]65O)[C@@]4(C)C[C@H]3O[C@]21O. The highest BCUT2D eigenvalue weighted by Gasteiger charge is 2.88. The van der Waals surface area contributed by atoms with Crippen LogP contribution in [0.1, 0.15) is 52.9 Å². The van der Waals surface area contributed by atoms with Crippen molar-refractivity contribution >= 4 is 11.8 Å². The molecule has 3 saturated heterocycles. The van der Waals surface area contributed by atoms with Crippen LogP contribution in [0.3, 0.4) is 0 Å². The summed E-state index contributed by atoms with van der Waals surface area (Å²) in [6.45, 7) is 5.69. The first-order chi connectivity index (χ1) is 19.3. The second-order valence-electron chi connectivity index (χ2n) is 13.9. The maximum Gasteiger partial charge on any atom is 0.331 e. The average Bonchev–Trinajstić information content (AvgIpc) is 3.36. The van der Waals surface area contributed by atoms with Gasteiger partial charge < -0.3 is 43.7 Å². The van der Waals surface area contributed by atoms with E-state index in [4.69, 9.17) is 28.4 Å². The van der Waals surface area contributed by atoms with Gasteiger partial charge in [0.25, 0.3) is 0 Å². The zero-order valence-electron chi connectivity index (χ0n) is 23.7. The van der Waals surface area contributed by atoms with Gasteiger partial charge >= 0.3 is 5.97 Å². The van der Waals surface area contributed by atoms with Gasteiger partial charge in [-0.15, -0.1) is 0 Å². The summed E-state index contributed by atoms with van der Waals surface area (Å²) >= 11 is 0. The number of cyclic esters (lactones) is 1. The molecule has 8 aliphatic rings. The molecule has 0 radical (unpaired) electrons. The number of Topliss-reactive ketones (excluding diaryl/α,β-unsaturated/α-hetero) is 1. The summed E-state index contributed by atoms with van der Waals surface area (Å²) in [5, 5.41) is 36.1. The second kappa shape index (κ2) is 8.06. The molecule has 0 unspecified atom stereocenters. The number of rotatable bonds is 2. The Morgan fingerprint density at radius 3 is 2.61 bits per heavy atom. The Labute approximate surface area is 237 Å². The predicted molar refractivity (Wildman–Crippen MR) is 137 cm³/mol. The molecule has 0 aromatic heterocycles. The molecule has 224 valence electrons. The molecule has 4 aliphatic carbocycles. The third-order valence-electron chi connectivity index (χ3n) is 12.2. The quantitative estimate of drug-likeness (QED) is 0.242. The van der Waals surface area contributed by atoms with Crippen molar-refractivity contribution in [3.05, 3.63) is 23.3 Å². The number of methoxy groups -OCH3 is 1. The maximum atomic E-state index is 14.3. The molecule has 0 aromatic rings. The Kier molecular flexibility index (Phi) is 5.29. The normalized spacial score (nSPS) is 58.6. The molecule has 4 aliphatic heterocycles. The number of fused-ring (bicyclic) bond motifs is 5. The topological polar surface area (TPSA) is 154 Å². The molecule has 6 fully saturated rings. The van der Waals surface area contributed by atoms with E-state index in [2.05, 4.69) is 0 Å². The first-order valence-electron chi connectivity index (χ1n) is 14.8. The molecule has 0 bridgehead atoms. The van der Waals surface area contributed by atoms with Crippen LogP contribution in [0, 0.1) is 22.7 Å². The zero-order valence-corrected chi connectivity index (χ0v) is 23.7. The molecule has 0 aromatic carbocycles. The van der Waals surface area contributed by atoms with Crippen molar-refractivity contribution in [2.75, 3.05) is 13.7 Å². The highest BCUT2D eigenvalue weighted by molar-refractivity contribution is 5.94. The summed E-state index contributed by atoms with van der Waals surface area (Å²) in [5.74, 6) is -3.89. The van der Waals surface area contributed by atoms with Crippen molar-refractivity contribution in [2.45, 2.75) is 113 Å².